The Balaban J connectivity index is 2.22. The fraction of sp³-hybridized carbons (Fsp3) is 0.0625. The first-order chi connectivity index (χ1) is 11.4. The Bertz CT molecular complexity index is 1090. The Morgan fingerprint density at radius 1 is 1.12 bits per heavy atom. The van der Waals surface area contributed by atoms with Crippen LogP contribution in [0.4, 0.5) is 8.78 Å². The SMILES string of the molecule is O=C(O)c1cc(Cn2c(=O)[nH]c(=O)c3cccc(F)c32)ccc1F. The molecule has 0 atom stereocenters. The molecule has 0 spiro atoms. The topological polar surface area (TPSA) is 92.2 Å². The van der Waals surface area contributed by atoms with E-state index in [2.05, 4.69) is 4.98 Å². The van der Waals surface area contributed by atoms with Gasteiger partial charge in [0, 0.05) is 0 Å². The van der Waals surface area contributed by atoms with Gasteiger partial charge in [0.2, 0.25) is 0 Å². The maximum atomic E-state index is 14.1. The standard InChI is InChI=1S/C16H10F2N2O4/c17-11-5-4-8(6-10(11)15(22)23)7-20-13-9(2-1-3-12(13)18)14(21)19-16(20)24/h1-6H,7H2,(H,22,23)(H,19,21,24). The zero-order valence-corrected chi connectivity index (χ0v) is 12.0. The smallest absolute Gasteiger partial charge is 0.338 e. The van der Waals surface area contributed by atoms with Gasteiger partial charge in [-0.2, -0.15) is 0 Å². The van der Waals surface area contributed by atoms with E-state index in [0.29, 0.717) is 0 Å². The monoisotopic (exact) mass is 332 g/mol. The van der Waals surface area contributed by atoms with Gasteiger partial charge in [0.15, 0.2) is 0 Å². The van der Waals surface area contributed by atoms with Crippen LogP contribution in [-0.4, -0.2) is 20.6 Å². The molecule has 1 heterocycles. The maximum absolute atomic E-state index is 14.1. The third-order valence-corrected chi connectivity index (χ3v) is 3.57. The van der Waals surface area contributed by atoms with Crippen molar-refractivity contribution >= 4 is 16.9 Å². The van der Waals surface area contributed by atoms with Crippen LogP contribution in [0.15, 0.2) is 46.0 Å². The normalized spacial score (nSPS) is 10.9. The number of aromatic carboxylic acids is 1. The highest BCUT2D eigenvalue weighted by Gasteiger charge is 2.14. The lowest BCUT2D eigenvalue weighted by atomic mass is 10.1. The summed E-state index contributed by atoms with van der Waals surface area (Å²) in [6, 6.07) is 7.09. The molecule has 3 aromatic rings. The van der Waals surface area contributed by atoms with Crippen molar-refractivity contribution in [3.05, 3.63) is 80.0 Å². The van der Waals surface area contributed by atoms with Gasteiger partial charge in [0.1, 0.15) is 11.6 Å². The number of carbonyl (C=O) groups is 1. The van der Waals surface area contributed by atoms with E-state index >= 15 is 0 Å². The van der Waals surface area contributed by atoms with Gasteiger partial charge < -0.3 is 5.11 Å². The zero-order chi connectivity index (χ0) is 17.4. The van der Waals surface area contributed by atoms with E-state index in [9.17, 15) is 23.2 Å². The molecule has 0 fully saturated rings. The highest BCUT2D eigenvalue weighted by atomic mass is 19.1. The first-order valence-electron chi connectivity index (χ1n) is 6.81. The van der Waals surface area contributed by atoms with E-state index in [0.717, 1.165) is 22.8 Å². The van der Waals surface area contributed by atoms with Gasteiger partial charge >= 0.3 is 11.7 Å². The van der Waals surface area contributed by atoms with Crippen LogP contribution in [0.5, 0.6) is 0 Å². The van der Waals surface area contributed by atoms with Gasteiger partial charge in [-0.25, -0.2) is 18.4 Å². The van der Waals surface area contributed by atoms with Gasteiger partial charge in [-0.1, -0.05) is 12.1 Å². The van der Waals surface area contributed by atoms with Crippen LogP contribution in [0.3, 0.4) is 0 Å². The molecule has 8 heteroatoms. The molecule has 0 amide bonds. The number of hydrogen-bond acceptors (Lipinski definition) is 3. The summed E-state index contributed by atoms with van der Waals surface area (Å²) in [4.78, 5) is 36.9. The first kappa shape index (κ1) is 15.6. The third kappa shape index (κ3) is 2.58. The Labute approximate surface area is 132 Å². The minimum atomic E-state index is -1.46. The second-order valence-corrected chi connectivity index (χ2v) is 5.10. The molecule has 122 valence electrons. The molecule has 0 aliphatic heterocycles. The lowest BCUT2D eigenvalue weighted by molar-refractivity contribution is 0.0691. The first-order valence-corrected chi connectivity index (χ1v) is 6.81. The summed E-state index contributed by atoms with van der Waals surface area (Å²) in [5, 5.41) is 8.93. The lowest BCUT2D eigenvalue weighted by Crippen LogP contribution is -2.31. The molecule has 6 nitrogen and oxygen atoms in total. The van der Waals surface area contributed by atoms with Crippen molar-refractivity contribution in [1.82, 2.24) is 9.55 Å². The number of H-pyrrole nitrogens is 1. The Morgan fingerprint density at radius 3 is 2.58 bits per heavy atom. The number of carboxylic acid groups (broad SMARTS) is 1. The Morgan fingerprint density at radius 2 is 1.88 bits per heavy atom. The van der Waals surface area contributed by atoms with E-state index < -0.39 is 34.4 Å². The summed E-state index contributed by atoms with van der Waals surface area (Å²) in [7, 11) is 0. The van der Waals surface area contributed by atoms with Crippen LogP contribution in [0, 0.1) is 11.6 Å². The number of nitrogens with one attached hydrogen (secondary N) is 1. The van der Waals surface area contributed by atoms with Crippen LogP contribution in [0.1, 0.15) is 15.9 Å². The predicted octanol–water partition coefficient (Wildman–Crippen LogP) is 1.71. The number of para-hydroxylation sites is 1. The number of benzene rings is 2. The molecule has 2 aromatic carbocycles. The molecule has 0 radical (unpaired) electrons. The highest BCUT2D eigenvalue weighted by molar-refractivity contribution is 5.88. The van der Waals surface area contributed by atoms with E-state index in [1.54, 1.807) is 0 Å². The van der Waals surface area contributed by atoms with Crippen LogP contribution in [0.25, 0.3) is 10.9 Å². The predicted molar refractivity (Wildman–Crippen MR) is 81.2 cm³/mol. The summed E-state index contributed by atoms with van der Waals surface area (Å²) >= 11 is 0. The van der Waals surface area contributed by atoms with Gasteiger partial charge in [-0.05, 0) is 29.8 Å². The summed E-state index contributed by atoms with van der Waals surface area (Å²) in [6.07, 6.45) is 0. The molecule has 0 unspecified atom stereocenters. The summed E-state index contributed by atoms with van der Waals surface area (Å²) in [6.45, 7) is -0.229. The van der Waals surface area contributed by atoms with Gasteiger partial charge in [-0.15, -0.1) is 0 Å². The number of aromatic nitrogens is 2. The van der Waals surface area contributed by atoms with Gasteiger partial charge in [-0.3, -0.25) is 14.3 Å². The minimum absolute atomic E-state index is 0.0184. The summed E-state index contributed by atoms with van der Waals surface area (Å²) in [5.41, 5.74) is -2.07. The van der Waals surface area contributed by atoms with Crippen molar-refractivity contribution in [1.29, 1.82) is 0 Å². The number of nitrogens with zero attached hydrogens (tertiary/aromatic N) is 1. The molecule has 0 bridgehead atoms. The molecular weight excluding hydrogens is 322 g/mol. The lowest BCUT2D eigenvalue weighted by Gasteiger charge is -2.11. The molecule has 3 rings (SSSR count). The van der Waals surface area contributed by atoms with Crippen molar-refractivity contribution in [2.24, 2.45) is 0 Å². The van der Waals surface area contributed by atoms with Crippen molar-refractivity contribution in [2.45, 2.75) is 6.54 Å². The minimum Gasteiger partial charge on any atom is -0.478 e. The van der Waals surface area contributed by atoms with Crippen LogP contribution >= 0.6 is 0 Å². The van der Waals surface area contributed by atoms with Crippen LogP contribution in [-0.2, 0) is 6.54 Å². The van der Waals surface area contributed by atoms with Gasteiger partial charge in [0.05, 0.1) is 23.0 Å². The van der Waals surface area contributed by atoms with Gasteiger partial charge in [0.25, 0.3) is 5.56 Å². The molecule has 2 N–H and O–H groups in total. The molecule has 0 saturated carbocycles. The quantitative estimate of drug-likeness (QED) is 0.764. The maximum Gasteiger partial charge on any atom is 0.338 e. The summed E-state index contributed by atoms with van der Waals surface area (Å²) in [5.74, 6) is -3.15. The Hall–Kier alpha value is -3.29. The van der Waals surface area contributed by atoms with Crippen molar-refractivity contribution in [3.8, 4) is 0 Å². The van der Waals surface area contributed by atoms with E-state index in [1.807, 2.05) is 0 Å². The largest absolute Gasteiger partial charge is 0.478 e. The summed E-state index contributed by atoms with van der Waals surface area (Å²) < 4.78 is 28.5. The highest BCUT2D eigenvalue weighted by Crippen LogP contribution is 2.16. The van der Waals surface area contributed by atoms with Crippen LogP contribution < -0.4 is 11.2 Å². The van der Waals surface area contributed by atoms with E-state index in [-0.39, 0.29) is 23.0 Å². The van der Waals surface area contributed by atoms with Crippen molar-refractivity contribution in [2.75, 3.05) is 0 Å². The number of halogens is 2. The van der Waals surface area contributed by atoms with Crippen LogP contribution in [0.2, 0.25) is 0 Å². The fourth-order valence-corrected chi connectivity index (χ4v) is 2.47. The van der Waals surface area contributed by atoms with E-state index in [4.69, 9.17) is 5.11 Å². The third-order valence-electron chi connectivity index (χ3n) is 3.57. The Kier molecular flexibility index (Phi) is 3.72. The second-order valence-electron chi connectivity index (χ2n) is 5.10. The van der Waals surface area contributed by atoms with E-state index in [1.165, 1.54) is 18.2 Å². The molecule has 1 aromatic heterocycles. The molecular formula is C16H10F2N2O4. The molecule has 0 aliphatic carbocycles. The average molecular weight is 332 g/mol. The van der Waals surface area contributed by atoms with Crippen molar-refractivity contribution in [3.63, 3.8) is 0 Å². The molecule has 24 heavy (non-hydrogen) atoms. The second kappa shape index (κ2) is 5.73. The fourth-order valence-electron chi connectivity index (χ4n) is 2.47. The molecule has 0 aliphatic rings. The zero-order valence-electron chi connectivity index (χ0n) is 12.0. The number of fused-ring (bicyclic) bond motifs is 1. The number of hydrogen-bond donors (Lipinski definition) is 2. The van der Waals surface area contributed by atoms with Crippen molar-refractivity contribution < 1.29 is 18.7 Å². The number of aromatic amines is 1. The number of carboxylic acids is 1. The average Bonchev–Trinajstić information content (AvgIpc) is 2.53. The number of rotatable bonds is 3. The molecule has 0 saturated heterocycles.